The number of ether oxygens (including phenoxy) is 3. The van der Waals surface area contributed by atoms with E-state index in [9.17, 15) is 4.79 Å². The lowest BCUT2D eigenvalue weighted by atomic mass is 10.2. The molecule has 6 nitrogen and oxygen atoms in total. The minimum atomic E-state index is -0.505. The SMILES string of the molecule is COC(=O)COc1c(Cl)cc(-c2nc3ccccc3[nH]2)cc1OC. The standard InChI is InChI=1S/C17H15ClN2O4/c1-22-14-8-10(7-11(18)16(14)24-9-15(21)23-2)17-19-12-5-3-4-6-13(12)20-17/h3-8H,9H2,1-2H3,(H,19,20). The summed E-state index contributed by atoms with van der Waals surface area (Å²) >= 11 is 6.29. The second-order valence-electron chi connectivity index (χ2n) is 4.96. The van der Waals surface area contributed by atoms with E-state index in [1.165, 1.54) is 14.2 Å². The first-order valence-electron chi connectivity index (χ1n) is 7.14. The Kier molecular flexibility index (Phi) is 4.57. The molecule has 1 N–H and O–H groups in total. The zero-order chi connectivity index (χ0) is 17.1. The molecule has 0 atom stereocenters. The van der Waals surface area contributed by atoms with Crippen LogP contribution in [0.5, 0.6) is 11.5 Å². The number of esters is 1. The molecular formula is C17H15ClN2O4. The van der Waals surface area contributed by atoms with E-state index in [-0.39, 0.29) is 12.4 Å². The van der Waals surface area contributed by atoms with Crippen LogP contribution in [0.3, 0.4) is 0 Å². The van der Waals surface area contributed by atoms with Crippen molar-refractivity contribution in [2.24, 2.45) is 0 Å². The average molecular weight is 347 g/mol. The third-order valence-corrected chi connectivity index (χ3v) is 3.74. The van der Waals surface area contributed by atoms with Crippen molar-refractivity contribution in [3.63, 3.8) is 0 Å². The molecule has 0 aliphatic rings. The van der Waals surface area contributed by atoms with Crippen molar-refractivity contribution < 1.29 is 19.0 Å². The second kappa shape index (κ2) is 6.80. The molecule has 124 valence electrons. The fourth-order valence-electron chi connectivity index (χ4n) is 2.28. The molecule has 24 heavy (non-hydrogen) atoms. The molecule has 0 amide bonds. The van der Waals surface area contributed by atoms with Gasteiger partial charge >= 0.3 is 5.97 Å². The zero-order valence-corrected chi connectivity index (χ0v) is 13.9. The highest BCUT2D eigenvalue weighted by Crippen LogP contribution is 2.39. The molecule has 0 aliphatic heterocycles. The summed E-state index contributed by atoms with van der Waals surface area (Å²) in [5.74, 6) is 0.844. The molecule has 0 radical (unpaired) electrons. The highest BCUT2D eigenvalue weighted by Gasteiger charge is 2.16. The number of hydrogen-bond donors (Lipinski definition) is 1. The van der Waals surface area contributed by atoms with Crippen molar-refractivity contribution in [2.45, 2.75) is 0 Å². The molecule has 3 aromatic rings. The molecule has 0 saturated carbocycles. The first kappa shape index (κ1) is 16.1. The number of nitrogens with zero attached hydrogens (tertiary/aromatic N) is 1. The number of benzene rings is 2. The van der Waals surface area contributed by atoms with Crippen LogP contribution >= 0.6 is 11.6 Å². The van der Waals surface area contributed by atoms with Crippen molar-refractivity contribution in [3.8, 4) is 22.9 Å². The summed E-state index contributed by atoms with van der Waals surface area (Å²) in [6.45, 7) is -0.253. The van der Waals surface area contributed by atoms with Gasteiger partial charge in [0.05, 0.1) is 30.3 Å². The van der Waals surface area contributed by atoms with Gasteiger partial charge in [0.2, 0.25) is 0 Å². The normalized spacial score (nSPS) is 10.6. The van der Waals surface area contributed by atoms with Gasteiger partial charge in [0.15, 0.2) is 18.1 Å². The second-order valence-corrected chi connectivity index (χ2v) is 5.36. The van der Waals surface area contributed by atoms with E-state index in [0.29, 0.717) is 16.6 Å². The van der Waals surface area contributed by atoms with Crippen molar-refractivity contribution >= 4 is 28.6 Å². The van der Waals surface area contributed by atoms with E-state index in [4.69, 9.17) is 21.1 Å². The van der Waals surface area contributed by atoms with Crippen LogP contribution in [0.1, 0.15) is 0 Å². The Morgan fingerprint density at radius 1 is 1.25 bits per heavy atom. The number of hydrogen-bond acceptors (Lipinski definition) is 5. The van der Waals surface area contributed by atoms with Crippen molar-refractivity contribution in [1.29, 1.82) is 0 Å². The summed E-state index contributed by atoms with van der Waals surface area (Å²) in [5, 5.41) is 0.314. The highest BCUT2D eigenvalue weighted by atomic mass is 35.5. The van der Waals surface area contributed by atoms with Crippen molar-refractivity contribution in [1.82, 2.24) is 9.97 Å². The number of aromatic amines is 1. The van der Waals surface area contributed by atoms with E-state index < -0.39 is 5.97 Å². The summed E-state index contributed by atoms with van der Waals surface area (Å²) in [4.78, 5) is 19.0. The number of aromatic nitrogens is 2. The number of carbonyl (C=O) groups excluding carboxylic acids is 1. The zero-order valence-electron chi connectivity index (χ0n) is 13.1. The fraction of sp³-hybridized carbons (Fsp3) is 0.176. The lowest BCUT2D eigenvalue weighted by Crippen LogP contribution is -2.13. The molecule has 0 bridgehead atoms. The van der Waals surface area contributed by atoms with E-state index in [1.54, 1.807) is 12.1 Å². The maximum Gasteiger partial charge on any atom is 0.343 e. The Morgan fingerprint density at radius 2 is 2.04 bits per heavy atom. The van der Waals surface area contributed by atoms with E-state index >= 15 is 0 Å². The molecule has 0 aliphatic carbocycles. The van der Waals surface area contributed by atoms with Crippen LogP contribution in [0, 0.1) is 0 Å². The Hall–Kier alpha value is -2.73. The van der Waals surface area contributed by atoms with Gasteiger partial charge in [-0.05, 0) is 24.3 Å². The number of para-hydroxylation sites is 2. The lowest BCUT2D eigenvalue weighted by Gasteiger charge is -2.12. The summed E-state index contributed by atoms with van der Waals surface area (Å²) < 4.78 is 15.3. The van der Waals surface area contributed by atoms with Gasteiger partial charge < -0.3 is 19.2 Å². The van der Waals surface area contributed by atoms with Crippen LogP contribution in [0.15, 0.2) is 36.4 Å². The van der Waals surface area contributed by atoms with E-state index in [1.807, 2.05) is 24.3 Å². The molecule has 1 aromatic heterocycles. The molecule has 7 heteroatoms. The van der Waals surface area contributed by atoms with Crippen LogP contribution in [0.25, 0.3) is 22.4 Å². The molecular weight excluding hydrogens is 332 g/mol. The van der Waals surface area contributed by atoms with Gasteiger partial charge in [0.1, 0.15) is 5.82 Å². The molecule has 1 heterocycles. The first-order valence-corrected chi connectivity index (χ1v) is 7.52. The monoisotopic (exact) mass is 346 g/mol. The molecule has 0 fully saturated rings. The topological polar surface area (TPSA) is 73.4 Å². The van der Waals surface area contributed by atoms with E-state index in [0.717, 1.165) is 16.6 Å². The molecule has 2 aromatic carbocycles. The lowest BCUT2D eigenvalue weighted by molar-refractivity contribution is -0.142. The van der Waals surface area contributed by atoms with Gasteiger partial charge in [-0.1, -0.05) is 23.7 Å². The van der Waals surface area contributed by atoms with Gasteiger partial charge in [0.25, 0.3) is 0 Å². The predicted octanol–water partition coefficient (Wildman–Crippen LogP) is 3.44. The number of rotatable bonds is 5. The Morgan fingerprint density at radius 3 is 2.75 bits per heavy atom. The van der Waals surface area contributed by atoms with Gasteiger partial charge in [-0.15, -0.1) is 0 Å². The Bertz CT molecular complexity index is 858. The number of imidazole rings is 1. The first-order chi connectivity index (χ1) is 11.6. The molecule has 0 spiro atoms. The third kappa shape index (κ3) is 3.14. The van der Waals surface area contributed by atoms with E-state index in [2.05, 4.69) is 14.7 Å². The summed E-state index contributed by atoms with van der Waals surface area (Å²) in [6, 6.07) is 11.2. The minimum Gasteiger partial charge on any atom is -0.493 e. The van der Waals surface area contributed by atoms with Crippen LogP contribution in [0.2, 0.25) is 5.02 Å². The fourth-order valence-corrected chi connectivity index (χ4v) is 2.54. The Balaban J connectivity index is 1.98. The number of carbonyl (C=O) groups is 1. The molecule has 0 saturated heterocycles. The van der Waals surface area contributed by atoms with Crippen LogP contribution in [-0.4, -0.2) is 36.8 Å². The summed E-state index contributed by atoms with van der Waals surface area (Å²) in [7, 11) is 2.79. The number of fused-ring (bicyclic) bond motifs is 1. The number of methoxy groups -OCH3 is 2. The minimum absolute atomic E-state index is 0.253. The molecule has 0 unspecified atom stereocenters. The van der Waals surface area contributed by atoms with Gasteiger partial charge in [-0.2, -0.15) is 0 Å². The number of nitrogens with one attached hydrogen (secondary N) is 1. The summed E-state index contributed by atoms with van der Waals surface area (Å²) in [5.41, 5.74) is 2.53. The maximum absolute atomic E-state index is 11.2. The van der Waals surface area contributed by atoms with Gasteiger partial charge in [-0.25, -0.2) is 9.78 Å². The largest absolute Gasteiger partial charge is 0.493 e. The van der Waals surface area contributed by atoms with Crippen molar-refractivity contribution in [2.75, 3.05) is 20.8 Å². The van der Waals surface area contributed by atoms with Crippen LogP contribution in [-0.2, 0) is 9.53 Å². The summed E-state index contributed by atoms with van der Waals surface area (Å²) in [6.07, 6.45) is 0. The number of H-pyrrole nitrogens is 1. The quantitative estimate of drug-likeness (QED) is 0.716. The van der Waals surface area contributed by atoms with Gasteiger partial charge in [0, 0.05) is 5.56 Å². The average Bonchev–Trinajstić information content (AvgIpc) is 3.03. The predicted molar refractivity (Wildman–Crippen MR) is 90.6 cm³/mol. The van der Waals surface area contributed by atoms with Crippen molar-refractivity contribution in [3.05, 3.63) is 41.4 Å². The van der Waals surface area contributed by atoms with Gasteiger partial charge in [-0.3, -0.25) is 0 Å². The van der Waals surface area contributed by atoms with Crippen LogP contribution < -0.4 is 9.47 Å². The maximum atomic E-state index is 11.2. The molecule has 3 rings (SSSR count). The smallest absolute Gasteiger partial charge is 0.343 e. The van der Waals surface area contributed by atoms with Crippen LogP contribution in [0.4, 0.5) is 0 Å². The number of halogens is 1. The Labute approximate surface area is 143 Å². The third-order valence-electron chi connectivity index (χ3n) is 3.45. The highest BCUT2D eigenvalue weighted by molar-refractivity contribution is 6.32.